The molecule has 0 unspecified atom stereocenters. The summed E-state index contributed by atoms with van der Waals surface area (Å²) >= 11 is 0. The van der Waals surface area contributed by atoms with E-state index in [0.29, 0.717) is 0 Å². The van der Waals surface area contributed by atoms with Crippen LogP contribution in [-0.2, 0) is 19.1 Å². The van der Waals surface area contributed by atoms with Crippen molar-refractivity contribution >= 4 is 11.9 Å². The zero-order valence-electron chi connectivity index (χ0n) is 9.31. The van der Waals surface area contributed by atoms with Crippen molar-refractivity contribution in [3.8, 4) is 23.7 Å². The standard InChI is InChI=1S/C10H4F6O4/c11-9(12,13)5-19-7(17)3-1-2-4-8(18)20-6-10(14,15)16/h5-6H2. The van der Waals surface area contributed by atoms with E-state index < -0.39 is 37.5 Å². The third-order valence-corrected chi connectivity index (χ3v) is 1.13. The molecular formula is C10H4F6O4. The van der Waals surface area contributed by atoms with Crippen molar-refractivity contribution in [2.45, 2.75) is 12.4 Å². The van der Waals surface area contributed by atoms with Crippen LogP contribution in [0.2, 0.25) is 0 Å². The number of alkyl halides is 6. The normalized spacial score (nSPS) is 10.5. The number of halogens is 6. The monoisotopic (exact) mass is 302 g/mol. The van der Waals surface area contributed by atoms with Gasteiger partial charge in [0.2, 0.25) is 0 Å². The zero-order chi connectivity index (χ0) is 15.8. The molecule has 0 N–H and O–H groups in total. The zero-order valence-corrected chi connectivity index (χ0v) is 9.31. The van der Waals surface area contributed by atoms with Crippen molar-refractivity contribution in [3.05, 3.63) is 0 Å². The number of carbonyl (C=O) groups excluding carboxylic acids is 2. The molecule has 0 saturated carbocycles. The number of hydrogen-bond acceptors (Lipinski definition) is 4. The van der Waals surface area contributed by atoms with Gasteiger partial charge in [-0.2, -0.15) is 26.3 Å². The largest absolute Gasteiger partial charge is 0.446 e. The first kappa shape index (κ1) is 17.6. The Hall–Kier alpha value is -2.36. The van der Waals surface area contributed by atoms with Crippen molar-refractivity contribution in [1.82, 2.24) is 0 Å². The Bertz CT molecular complexity index is 436. The summed E-state index contributed by atoms with van der Waals surface area (Å²) in [6.45, 7) is -3.69. The molecule has 110 valence electrons. The van der Waals surface area contributed by atoms with Crippen LogP contribution in [0.15, 0.2) is 0 Å². The fourth-order valence-electron chi connectivity index (χ4n) is 0.531. The van der Waals surface area contributed by atoms with Gasteiger partial charge < -0.3 is 9.47 Å². The van der Waals surface area contributed by atoms with Gasteiger partial charge in [-0.1, -0.05) is 0 Å². The van der Waals surface area contributed by atoms with Crippen LogP contribution >= 0.6 is 0 Å². The lowest BCUT2D eigenvalue weighted by Crippen LogP contribution is -2.19. The number of hydrogen-bond donors (Lipinski definition) is 0. The Morgan fingerprint density at radius 1 is 0.750 bits per heavy atom. The first-order chi connectivity index (χ1) is 8.99. The van der Waals surface area contributed by atoms with Crippen molar-refractivity contribution < 1.29 is 45.4 Å². The van der Waals surface area contributed by atoms with E-state index in [0.717, 1.165) is 0 Å². The molecule has 0 aliphatic rings. The molecule has 0 aromatic carbocycles. The fraction of sp³-hybridized carbons (Fsp3) is 0.400. The van der Waals surface area contributed by atoms with E-state index in [4.69, 9.17) is 0 Å². The minimum Gasteiger partial charge on any atom is -0.446 e. The molecule has 0 aromatic rings. The van der Waals surface area contributed by atoms with Gasteiger partial charge in [-0.05, 0) is 11.8 Å². The highest BCUT2D eigenvalue weighted by molar-refractivity contribution is 5.91. The molecule has 0 bridgehead atoms. The average Bonchev–Trinajstić information content (AvgIpc) is 2.27. The van der Waals surface area contributed by atoms with E-state index in [9.17, 15) is 35.9 Å². The van der Waals surface area contributed by atoms with E-state index in [1.807, 2.05) is 0 Å². The van der Waals surface area contributed by atoms with Gasteiger partial charge >= 0.3 is 24.3 Å². The SMILES string of the molecule is O=C(C#CC#CC(=O)OCC(F)(F)F)OCC(F)(F)F. The van der Waals surface area contributed by atoms with Crippen molar-refractivity contribution in [2.75, 3.05) is 13.2 Å². The molecular weight excluding hydrogens is 298 g/mol. The molecule has 0 amide bonds. The molecule has 0 spiro atoms. The molecule has 0 saturated heterocycles. The molecule has 0 rings (SSSR count). The highest BCUT2D eigenvalue weighted by Crippen LogP contribution is 2.14. The van der Waals surface area contributed by atoms with Gasteiger partial charge in [-0.25, -0.2) is 9.59 Å². The van der Waals surface area contributed by atoms with Gasteiger partial charge in [0.05, 0.1) is 0 Å². The molecule has 0 aliphatic carbocycles. The molecule has 20 heavy (non-hydrogen) atoms. The van der Waals surface area contributed by atoms with Gasteiger partial charge in [0.25, 0.3) is 0 Å². The maximum atomic E-state index is 11.6. The second-order valence-electron chi connectivity index (χ2n) is 2.88. The minimum absolute atomic E-state index is 1.47. The van der Waals surface area contributed by atoms with Crippen LogP contribution < -0.4 is 0 Å². The third-order valence-electron chi connectivity index (χ3n) is 1.13. The quantitative estimate of drug-likeness (QED) is 0.333. The number of ether oxygens (including phenoxy) is 2. The summed E-state index contributed by atoms with van der Waals surface area (Å²) in [7, 11) is 0. The van der Waals surface area contributed by atoms with Crippen LogP contribution in [0.25, 0.3) is 0 Å². The Kier molecular flexibility index (Phi) is 6.42. The van der Waals surface area contributed by atoms with Crippen molar-refractivity contribution in [2.24, 2.45) is 0 Å². The van der Waals surface area contributed by atoms with Gasteiger partial charge in [-0.3, -0.25) is 0 Å². The minimum atomic E-state index is -4.72. The molecule has 0 aliphatic heterocycles. The van der Waals surface area contributed by atoms with Gasteiger partial charge in [-0.15, -0.1) is 0 Å². The highest BCUT2D eigenvalue weighted by atomic mass is 19.4. The number of carbonyl (C=O) groups is 2. The van der Waals surface area contributed by atoms with Crippen LogP contribution in [0.4, 0.5) is 26.3 Å². The second kappa shape index (κ2) is 7.28. The lowest BCUT2D eigenvalue weighted by molar-refractivity contribution is -0.182. The summed E-state index contributed by atoms with van der Waals surface area (Å²) in [4.78, 5) is 21.1. The lowest BCUT2D eigenvalue weighted by Gasteiger charge is -2.03. The van der Waals surface area contributed by atoms with Crippen molar-refractivity contribution in [3.63, 3.8) is 0 Å². The van der Waals surface area contributed by atoms with E-state index in [2.05, 4.69) is 9.47 Å². The highest BCUT2D eigenvalue weighted by Gasteiger charge is 2.29. The molecule has 0 radical (unpaired) electrons. The maximum absolute atomic E-state index is 11.6. The molecule has 0 fully saturated rings. The average molecular weight is 302 g/mol. The Labute approximate surface area is 108 Å². The van der Waals surface area contributed by atoms with Gasteiger partial charge in [0.1, 0.15) is 0 Å². The summed E-state index contributed by atoms with van der Waals surface area (Å²) in [6, 6.07) is 0. The smallest absolute Gasteiger partial charge is 0.422 e. The molecule has 10 heteroatoms. The van der Waals surface area contributed by atoms with Crippen LogP contribution in [0.5, 0.6) is 0 Å². The third kappa shape index (κ3) is 12.1. The Morgan fingerprint density at radius 3 is 1.30 bits per heavy atom. The van der Waals surface area contributed by atoms with E-state index in [1.54, 1.807) is 11.8 Å². The molecule has 0 atom stereocenters. The topological polar surface area (TPSA) is 52.6 Å². The van der Waals surface area contributed by atoms with Gasteiger partial charge in [0, 0.05) is 11.8 Å². The molecule has 4 nitrogen and oxygen atoms in total. The predicted molar refractivity (Wildman–Crippen MR) is 49.6 cm³/mol. The number of rotatable bonds is 2. The Morgan fingerprint density at radius 2 is 1.05 bits per heavy atom. The molecule has 0 heterocycles. The second-order valence-corrected chi connectivity index (χ2v) is 2.88. The van der Waals surface area contributed by atoms with Crippen LogP contribution in [0.1, 0.15) is 0 Å². The van der Waals surface area contributed by atoms with Crippen molar-refractivity contribution in [1.29, 1.82) is 0 Å². The van der Waals surface area contributed by atoms with Crippen LogP contribution in [0, 0.1) is 23.7 Å². The fourth-order valence-corrected chi connectivity index (χ4v) is 0.531. The summed E-state index contributed by atoms with van der Waals surface area (Å²) < 4.78 is 76.8. The summed E-state index contributed by atoms with van der Waals surface area (Å²) in [6.07, 6.45) is -9.44. The Balaban J connectivity index is 4.17. The first-order valence-electron chi connectivity index (χ1n) is 4.48. The summed E-state index contributed by atoms with van der Waals surface area (Å²) in [5.74, 6) is 3.05. The van der Waals surface area contributed by atoms with E-state index >= 15 is 0 Å². The van der Waals surface area contributed by atoms with Gasteiger partial charge in [0.15, 0.2) is 13.2 Å². The summed E-state index contributed by atoms with van der Waals surface area (Å²) in [5, 5.41) is 0. The van der Waals surface area contributed by atoms with E-state index in [-0.39, 0.29) is 0 Å². The summed E-state index contributed by atoms with van der Waals surface area (Å²) in [5.41, 5.74) is 0. The predicted octanol–water partition coefficient (Wildman–Crippen LogP) is 1.20. The van der Waals surface area contributed by atoms with Crippen LogP contribution in [0.3, 0.4) is 0 Å². The van der Waals surface area contributed by atoms with E-state index in [1.165, 1.54) is 11.8 Å². The maximum Gasteiger partial charge on any atom is 0.422 e. The lowest BCUT2D eigenvalue weighted by atomic mass is 10.5. The van der Waals surface area contributed by atoms with Crippen LogP contribution in [-0.4, -0.2) is 37.5 Å². The molecule has 0 aromatic heterocycles. The number of esters is 2. The first-order valence-corrected chi connectivity index (χ1v) is 4.48.